The molecule has 14 heavy (non-hydrogen) atoms. The van der Waals surface area contributed by atoms with Gasteiger partial charge in [0, 0.05) is 25.6 Å². The molecular weight excluding hydrogens is 206 g/mol. The van der Waals surface area contributed by atoms with E-state index in [1.165, 1.54) is 4.68 Å². The highest BCUT2D eigenvalue weighted by atomic mass is 32.2. The van der Waals surface area contributed by atoms with E-state index in [0.29, 0.717) is 18.7 Å². The smallest absolute Gasteiger partial charge is 0.153 e. The number of hydrogen-bond acceptors (Lipinski definition) is 5. The molecule has 1 heterocycles. The molecule has 0 saturated heterocycles. The van der Waals surface area contributed by atoms with E-state index in [1.54, 1.807) is 6.20 Å². The molecule has 0 aliphatic carbocycles. The van der Waals surface area contributed by atoms with Gasteiger partial charge in [-0.15, -0.1) is 5.10 Å². The monoisotopic (exact) mass is 219 g/mol. The molecule has 6 nitrogen and oxygen atoms in total. The van der Waals surface area contributed by atoms with Crippen molar-refractivity contribution in [2.24, 2.45) is 0 Å². The molecule has 7 heteroatoms. The van der Waals surface area contributed by atoms with Crippen molar-refractivity contribution in [3.05, 3.63) is 11.9 Å². The number of aliphatic hydroxyl groups excluding tert-OH is 1. The second-order valence-electron chi connectivity index (χ2n) is 3.12. The van der Waals surface area contributed by atoms with Crippen molar-refractivity contribution >= 4 is 9.84 Å². The molecule has 80 valence electrons. The van der Waals surface area contributed by atoms with Crippen LogP contribution in [0.2, 0.25) is 0 Å². The summed E-state index contributed by atoms with van der Waals surface area (Å²) in [4.78, 5) is 0. The number of sulfone groups is 1. The molecule has 0 atom stereocenters. The van der Waals surface area contributed by atoms with Gasteiger partial charge in [-0.2, -0.15) is 0 Å². The van der Waals surface area contributed by atoms with Crippen LogP contribution in [0.15, 0.2) is 6.20 Å². The molecule has 0 bridgehead atoms. The molecule has 0 aromatic carbocycles. The SMILES string of the molecule is CS(=O)(=O)Cc1cn(CCCO)nn1. The summed E-state index contributed by atoms with van der Waals surface area (Å²) in [5, 5.41) is 16.0. The molecule has 0 aliphatic rings. The van der Waals surface area contributed by atoms with E-state index in [-0.39, 0.29) is 12.4 Å². The molecule has 0 saturated carbocycles. The highest BCUT2D eigenvalue weighted by Gasteiger charge is 2.08. The lowest BCUT2D eigenvalue weighted by molar-refractivity contribution is 0.276. The van der Waals surface area contributed by atoms with Crippen molar-refractivity contribution in [2.75, 3.05) is 12.9 Å². The lowest BCUT2D eigenvalue weighted by Crippen LogP contribution is -2.01. The zero-order chi connectivity index (χ0) is 10.6. The molecule has 1 rings (SSSR count). The third-order valence-electron chi connectivity index (χ3n) is 1.54. The summed E-state index contributed by atoms with van der Waals surface area (Å²) < 4.78 is 23.3. The van der Waals surface area contributed by atoms with Gasteiger partial charge in [0.15, 0.2) is 9.84 Å². The molecule has 0 fully saturated rings. The Balaban J connectivity index is 2.59. The molecule has 0 unspecified atom stereocenters. The van der Waals surface area contributed by atoms with Crippen molar-refractivity contribution in [3.8, 4) is 0 Å². The molecular formula is C7H13N3O3S. The fourth-order valence-corrected chi connectivity index (χ4v) is 1.68. The van der Waals surface area contributed by atoms with Gasteiger partial charge in [-0.3, -0.25) is 4.68 Å². The third-order valence-corrected chi connectivity index (χ3v) is 2.36. The minimum absolute atomic E-state index is 0.0846. The molecule has 1 aromatic rings. The Kier molecular flexibility index (Phi) is 3.59. The standard InChI is InChI=1S/C7H13N3O3S/c1-14(12,13)6-7-5-10(9-8-7)3-2-4-11/h5,11H,2-4,6H2,1H3. The van der Waals surface area contributed by atoms with Crippen LogP contribution in [0.5, 0.6) is 0 Å². The van der Waals surface area contributed by atoms with Gasteiger partial charge in [-0.25, -0.2) is 8.42 Å². The lowest BCUT2D eigenvalue weighted by Gasteiger charge is -1.95. The summed E-state index contributed by atoms with van der Waals surface area (Å²) in [5.41, 5.74) is 0.436. The first-order chi connectivity index (χ1) is 6.51. The van der Waals surface area contributed by atoms with Gasteiger partial charge in [0.05, 0.1) is 11.4 Å². The van der Waals surface area contributed by atoms with Crippen LogP contribution in [0, 0.1) is 0 Å². The van der Waals surface area contributed by atoms with Crippen LogP contribution < -0.4 is 0 Å². The Bertz CT molecular complexity index is 385. The van der Waals surface area contributed by atoms with Gasteiger partial charge in [-0.1, -0.05) is 5.21 Å². The largest absolute Gasteiger partial charge is 0.396 e. The van der Waals surface area contributed by atoms with Gasteiger partial charge in [0.2, 0.25) is 0 Å². The first-order valence-electron chi connectivity index (χ1n) is 4.19. The highest BCUT2D eigenvalue weighted by Crippen LogP contribution is 2.00. The van der Waals surface area contributed by atoms with Crippen LogP contribution in [0.4, 0.5) is 0 Å². The van der Waals surface area contributed by atoms with E-state index in [1.807, 2.05) is 0 Å². The topological polar surface area (TPSA) is 85.1 Å². The molecule has 1 aromatic heterocycles. The van der Waals surface area contributed by atoms with Crippen molar-refractivity contribution in [2.45, 2.75) is 18.7 Å². The van der Waals surface area contributed by atoms with E-state index in [0.717, 1.165) is 6.26 Å². The quantitative estimate of drug-likeness (QED) is 0.701. The van der Waals surface area contributed by atoms with E-state index in [2.05, 4.69) is 10.3 Å². The third kappa shape index (κ3) is 3.84. The minimum Gasteiger partial charge on any atom is -0.396 e. The van der Waals surface area contributed by atoms with Gasteiger partial charge in [0.25, 0.3) is 0 Å². The van der Waals surface area contributed by atoms with Crippen LogP contribution in [-0.2, 0) is 22.1 Å². The average molecular weight is 219 g/mol. The maximum Gasteiger partial charge on any atom is 0.153 e. The number of aliphatic hydroxyl groups is 1. The van der Waals surface area contributed by atoms with Crippen LogP contribution in [0.25, 0.3) is 0 Å². The van der Waals surface area contributed by atoms with Crippen LogP contribution in [-0.4, -0.2) is 41.4 Å². The number of nitrogens with zero attached hydrogens (tertiary/aromatic N) is 3. The molecule has 0 radical (unpaired) electrons. The van der Waals surface area contributed by atoms with E-state index in [4.69, 9.17) is 5.11 Å². The zero-order valence-electron chi connectivity index (χ0n) is 7.92. The number of aromatic nitrogens is 3. The van der Waals surface area contributed by atoms with Crippen LogP contribution in [0.1, 0.15) is 12.1 Å². The summed E-state index contributed by atoms with van der Waals surface area (Å²) in [6.07, 6.45) is 3.32. The average Bonchev–Trinajstić information content (AvgIpc) is 2.46. The molecule has 0 amide bonds. The van der Waals surface area contributed by atoms with Gasteiger partial charge in [0.1, 0.15) is 0 Å². The van der Waals surface area contributed by atoms with Crippen molar-refractivity contribution < 1.29 is 13.5 Å². The molecule has 0 aliphatic heterocycles. The van der Waals surface area contributed by atoms with E-state index < -0.39 is 9.84 Å². The Morgan fingerprint density at radius 2 is 2.29 bits per heavy atom. The summed E-state index contributed by atoms with van der Waals surface area (Å²) in [6, 6.07) is 0. The predicted molar refractivity (Wildman–Crippen MR) is 50.3 cm³/mol. The van der Waals surface area contributed by atoms with Gasteiger partial charge in [-0.05, 0) is 6.42 Å². The van der Waals surface area contributed by atoms with Crippen LogP contribution in [0.3, 0.4) is 0 Å². The zero-order valence-corrected chi connectivity index (χ0v) is 8.74. The second-order valence-corrected chi connectivity index (χ2v) is 5.26. The Morgan fingerprint density at radius 3 is 2.86 bits per heavy atom. The maximum atomic E-state index is 10.9. The fourth-order valence-electron chi connectivity index (χ4n) is 1.02. The number of aryl methyl sites for hydroxylation is 1. The predicted octanol–water partition coefficient (Wildman–Crippen LogP) is -0.795. The summed E-state index contributed by atoms with van der Waals surface area (Å²) in [6.45, 7) is 0.633. The van der Waals surface area contributed by atoms with E-state index >= 15 is 0 Å². The maximum absolute atomic E-state index is 10.9. The van der Waals surface area contributed by atoms with Crippen molar-refractivity contribution in [1.29, 1.82) is 0 Å². The summed E-state index contributed by atoms with van der Waals surface area (Å²) in [7, 11) is -3.05. The first kappa shape index (κ1) is 11.1. The Morgan fingerprint density at radius 1 is 1.57 bits per heavy atom. The normalized spacial score (nSPS) is 11.9. The number of hydrogen-bond donors (Lipinski definition) is 1. The van der Waals surface area contributed by atoms with Gasteiger partial charge >= 0.3 is 0 Å². The number of rotatable bonds is 5. The highest BCUT2D eigenvalue weighted by molar-refractivity contribution is 7.89. The van der Waals surface area contributed by atoms with Crippen LogP contribution >= 0.6 is 0 Å². The fraction of sp³-hybridized carbons (Fsp3) is 0.714. The summed E-state index contributed by atoms with van der Waals surface area (Å²) in [5.74, 6) is -0.0911. The molecule has 0 spiro atoms. The van der Waals surface area contributed by atoms with Gasteiger partial charge < -0.3 is 5.11 Å². The Hall–Kier alpha value is -0.950. The lowest BCUT2D eigenvalue weighted by atomic mass is 10.4. The second kappa shape index (κ2) is 4.52. The van der Waals surface area contributed by atoms with Crippen molar-refractivity contribution in [3.63, 3.8) is 0 Å². The first-order valence-corrected chi connectivity index (χ1v) is 6.25. The summed E-state index contributed by atoms with van der Waals surface area (Å²) >= 11 is 0. The van der Waals surface area contributed by atoms with Crippen molar-refractivity contribution in [1.82, 2.24) is 15.0 Å². The van der Waals surface area contributed by atoms with E-state index in [9.17, 15) is 8.42 Å². The Labute approximate surface area is 82.5 Å². The molecule has 1 N–H and O–H groups in total. The minimum atomic E-state index is -3.05.